The van der Waals surface area contributed by atoms with Gasteiger partial charge in [0.2, 0.25) is 0 Å². The van der Waals surface area contributed by atoms with Crippen LogP contribution in [0.2, 0.25) is 0 Å². The minimum Gasteiger partial charge on any atom is -0.497 e. The molecule has 1 aromatic carbocycles. The Morgan fingerprint density at radius 2 is 1.83 bits per heavy atom. The molecule has 0 saturated carbocycles. The topological polar surface area (TPSA) is 39.9 Å². The number of halogens is 3. The first kappa shape index (κ1) is 19.4. The van der Waals surface area contributed by atoms with Crippen molar-refractivity contribution in [3.05, 3.63) is 58.6 Å². The Hall–Kier alpha value is -2.87. The summed E-state index contributed by atoms with van der Waals surface area (Å²) in [7, 11) is 1.55. The SMILES string of the molecule is CCc1ccc(-c2cc(C(F)(F)F)c3c(C)nn(-c4ccc(OC)cc4)c3n2)s1. The van der Waals surface area contributed by atoms with E-state index in [4.69, 9.17) is 4.74 Å². The van der Waals surface area contributed by atoms with E-state index in [1.165, 1.54) is 16.0 Å². The van der Waals surface area contributed by atoms with Crippen LogP contribution in [-0.4, -0.2) is 21.9 Å². The summed E-state index contributed by atoms with van der Waals surface area (Å²) in [6.45, 7) is 3.58. The second kappa shape index (κ2) is 7.18. The first-order valence-electron chi connectivity index (χ1n) is 9.03. The molecule has 4 aromatic rings. The third-order valence-corrected chi connectivity index (χ3v) is 5.95. The molecule has 0 atom stereocenters. The molecule has 150 valence electrons. The molecule has 0 aliphatic carbocycles. The van der Waals surface area contributed by atoms with Crippen molar-refractivity contribution in [1.29, 1.82) is 0 Å². The minimum atomic E-state index is -4.51. The van der Waals surface area contributed by atoms with Crippen LogP contribution in [0.25, 0.3) is 27.3 Å². The minimum absolute atomic E-state index is 0.0179. The van der Waals surface area contributed by atoms with Crippen LogP contribution in [0, 0.1) is 6.92 Å². The highest BCUT2D eigenvalue weighted by atomic mass is 32.1. The zero-order valence-corrected chi connectivity index (χ0v) is 16.9. The number of hydrogen-bond donors (Lipinski definition) is 0. The molecule has 0 spiro atoms. The summed E-state index contributed by atoms with van der Waals surface area (Å²) >= 11 is 1.45. The molecule has 8 heteroatoms. The summed E-state index contributed by atoms with van der Waals surface area (Å²) in [5.41, 5.74) is 0.652. The van der Waals surface area contributed by atoms with Crippen molar-refractivity contribution < 1.29 is 17.9 Å². The van der Waals surface area contributed by atoms with E-state index < -0.39 is 11.7 Å². The maximum atomic E-state index is 13.9. The molecule has 3 aromatic heterocycles. The van der Waals surface area contributed by atoms with Gasteiger partial charge >= 0.3 is 6.18 Å². The average Bonchev–Trinajstić information content (AvgIpc) is 3.31. The van der Waals surface area contributed by atoms with Gasteiger partial charge in [-0.05, 0) is 55.8 Å². The largest absolute Gasteiger partial charge is 0.497 e. The van der Waals surface area contributed by atoms with Gasteiger partial charge < -0.3 is 4.74 Å². The van der Waals surface area contributed by atoms with Gasteiger partial charge in [0.15, 0.2) is 5.65 Å². The van der Waals surface area contributed by atoms with Gasteiger partial charge in [0.25, 0.3) is 0 Å². The Bertz CT molecular complexity index is 1180. The summed E-state index contributed by atoms with van der Waals surface area (Å²) in [5, 5.41) is 4.38. The number of rotatable bonds is 4. The van der Waals surface area contributed by atoms with Crippen molar-refractivity contribution in [2.45, 2.75) is 26.4 Å². The van der Waals surface area contributed by atoms with E-state index in [0.717, 1.165) is 17.4 Å². The van der Waals surface area contributed by atoms with Crippen LogP contribution in [0.1, 0.15) is 23.1 Å². The van der Waals surface area contributed by atoms with Crippen molar-refractivity contribution in [2.75, 3.05) is 7.11 Å². The van der Waals surface area contributed by atoms with Crippen molar-refractivity contribution in [2.24, 2.45) is 0 Å². The van der Waals surface area contributed by atoms with E-state index in [1.54, 1.807) is 38.3 Å². The third kappa shape index (κ3) is 3.48. The quantitative estimate of drug-likeness (QED) is 0.406. The van der Waals surface area contributed by atoms with Gasteiger partial charge in [0.05, 0.1) is 40.0 Å². The lowest BCUT2D eigenvalue weighted by Gasteiger charge is -2.11. The molecule has 0 unspecified atom stereocenters. The third-order valence-electron chi connectivity index (χ3n) is 4.70. The zero-order valence-electron chi connectivity index (χ0n) is 16.0. The fourth-order valence-electron chi connectivity index (χ4n) is 3.25. The fourth-order valence-corrected chi connectivity index (χ4v) is 4.16. The normalized spacial score (nSPS) is 11.9. The van der Waals surface area contributed by atoms with Crippen LogP contribution in [0.4, 0.5) is 13.2 Å². The Morgan fingerprint density at radius 3 is 2.41 bits per heavy atom. The van der Waals surface area contributed by atoms with Gasteiger partial charge in [-0.25, -0.2) is 9.67 Å². The van der Waals surface area contributed by atoms with E-state index in [9.17, 15) is 13.2 Å². The van der Waals surface area contributed by atoms with Crippen LogP contribution in [0.15, 0.2) is 42.5 Å². The number of alkyl halides is 3. The highest BCUT2D eigenvalue weighted by Crippen LogP contribution is 2.39. The van der Waals surface area contributed by atoms with Crippen molar-refractivity contribution in [3.8, 4) is 22.0 Å². The molecule has 0 bridgehead atoms. The van der Waals surface area contributed by atoms with Crippen LogP contribution in [-0.2, 0) is 12.6 Å². The van der Waals surface area contributed by atoms with Gasteiger partial charge in [0, 0.05) is 4.88 Å². The fraction of sp³-hybridized carbons (Fsp3) is 0.238. The van der Waals surface area contributed by atoms with Crippen LogP contribution in [0.3, 0.4) is 0 Å². The first-order chi connectivity index (χ1) is 13.8. The molecule has 0 saturated heterocycles. The number of ether oxygens (including phenoxy) is 1. The first-order valence-corrected chi connectivity index (χ1v) is 9.84. The highest BCUT2D eigenvalue weighted by molar-refractivity contribution is 7.15. The maximum absolute atomic E-state index is 13.9. The molecular weight excluding hydrogens is 399 g/mol. The summed E-state index contributed by atoms with van der Waals surface area (Å²) in [6, 6.07) is 11.8. The van der Waals surface area contributed by atoms with Crippen LogP contribution >= 0.6 is 11.3 Å². The van der Waals surface area contributed by atoms with Gasteiger partial charge in [-0.2, -0.15) is 18.3 Å². The highest BCUT2D eigenvalue weighted by Gasteiger charge is 2.36. The smallest absolute Gasteiger partial charge is 0.417 e. The maximum Gasteiger partial charge on any atom is 0.417 e. The number of fused-ring (bicyclic) bond motifs is 1. The number of methoxy groups -OCH3 is 1. The molecule has 0 aliphatic rings. The van der Waals surface area contributed by atoms with Gasteiger partial charge in [0.1, 0.15) is 5.75 Å². The molecular formula is C21H18F3N3OS. The van der Waals surface area contributed by atoms with Gasteiger partial charge in [-0.3, -0.25) is 0 Å². The van der Waals surface area contributed by atoms with E-state index in [-0.39, 0.29) is 16.7 Å². The Morgan fingerprint density at radius 1 is 1.10 bits per heavy atom. The standard InChI is InChI=1S/C21H18F3N3OS/c1-4-15-9-10-18(29-15)17-11-16(21(22,23)24)19-12(2)26-27(20(19)25-17)13-5-7-14(28-3)8-6-13/h5-11H,4H2,1-3H3. The Balaban J connectivity index is 1.99. The molecule has 4 rings (SSSR count). The molecule has 0 radical (unpaired) electrons. The number of aromatic nitrogens is 3. The zero-order chi connectivity index (χ0) is 20.8. The summed E-state index contributed by atoms with van der Waals surface area (Å²) in [5.74, 6) is 0.650. The summed E-state index contributed by atoms with van der Waals surface area (Å²) in [4.78, 5) is 6.38. The Kier molecular flexibility index (Phi) is 4.82. The lowest BCUT2D eigenvalue weighted by atomic mass is 10.1. The lowest BCUT2D eigenvalue weighted by Crippen LogP contribution is -2.07. The van der Waals surface area contributed by atoms with Crippen molar-refractivity contribution >= 4 is 22.4 Å². The number of pyridine rings is 1. The molecule has 0 fully saturated rings. The predicted octanol–water partition coefficient (Wildman–Crippen LogP) is 6.05. The number of thiophene rings is 1. The number of benzene rings is 1. The van der Waals surface area contributed by atoms with E-state index >= 15 is 0 Å². The molecule has 29 heavy (non-hydrogen) atoms. The summed E-state index contributed by atoms with van der Waals surface area (Å²) < 4.78 is 48.3. The van der Waals surface area contributed by atoms with Crippen LogP contribution in [0.5, 0.6) is 5.75 Å². The predicted molar refractivity (Wildman–Crippen MR) is 108 cm³/mol. The summed E-state index contributed by atoms with van der Waals surface area (Å²) in [6.07, 6.45) is -3.69. The molecule has 0 aliphatic heterocycles. The number of aryl methyl sites for hydroxylation is 2. The molecule has 4 nitrogen and oxygen atoms in total. The van der Waals surface area contributed by atoms with E-state index in [1.807, 2.05) is 19.1 Å². The number of nitrogens with zero attached hydrogens (tertiary/aromatic N) is 3. The van der Waals surface area contributed by atoms with Crippen molar-refractivity contribution in [1.82, 2.24) is 14.8 Å². The average molecular weight is 417 g/mol. The van der Waals surface area contributed by atoms with E-state index in [2.05, 4.69) is 10.1 Å². The van der Waals surface area contributed by atoms with Gasteiger partial charge in [-0.15, -0.1) is 11.3 Å². The molecule has 3 heterocycles. The molecule has 0 amide bonds. The lowest BCUT2D eigenvalue weighted by molar-refractivity contribution is -0.136. The van der Waals surface area contributed by atoms with Crippen LogP contribution < -0.4 is 4.74 Å². The molecule has 0 N–H and O–H groups in total. The monoisotopic (exact) mass is 417 g/mol. The second-order valence-electron chi connectivity index (χ2n) is 6.57. The van der Waals surface area contributed by atoms with E-state index in [0.29, 0.717) is 22.0 Å². The Labute approximate surface area is 169 Å². The second-order valence-corrected chi connectivity index (χ2v) is 7.73. The number of hydrogen-bond acceptors (Lipinski definition) is 4. The van der Waals surface area contributed by atoms with Gasteiger partial charge in [-0.1, -0.05) is 6.92 Å². The van der Waals surface area contributed by atoms with Crippen molar-refractivity contribution in [3.63, 3.8) is 0 Å².